The van der Waals surface area contributed by atoms with Gasteiger partial charge in [0, 0.05) is 5.56 Å². The zero-order chi connectivity index (χ0) is 16.0. The number of aryl methyl sites for hydroxylation is 1. The summed E-state index contributed by atoms with van der Waals surface area (Å²) >= 11 is 0. The fourth-order valence-electron chi connectivity index (χ4n) is 4.78. The molecule has 3 aliphatic carbocycles. The van der Waals surface area contributed by atoms with Crippen molar-refractivity contribution in [3.63, 3.8) is 0 Å². The minimum absolute atomic E-state index is 0.129. The number of aromatic hydroxyl groups is 1. The minimum atomic E-state index is -0.981. The van der Waals surface area contributed by atoms with Gasteiger partial charge in [-0.15, -0.1) is 0 Å². The van der Waals surface area contributed by atoms with E-state index in [1.807, 2.05) is 13.0 Å². The van der Waals surface area contributed by atoms with Crippen LogP contribution in [0.4, 0.5) is 0 Å². The van der Waals surface area contributed by atoms with E-state index in [2.05, 4.69) is 4.99 Å². The van der Waals surface area contributed by atoms with Gasteiger partial charge in [-0.05, 0) is 50.7 Å². The monoisotopic (exact) mass is 315 g/mol. The molecule has 0 amide bonds. The Bertz CT molecular complexity index is 754. The van der Waals surface area contributed by atoms with Gasteiger partial charge in [-0.2, -0.15) is 0 Å². The van der Waals surface area contributed by atoms with Gasteiger partial charge in [-0.3, -0.25) is 4.99 Å². The largest absolute Gasteiger partial charge is 0.504 e. The second kappa shape index (κ2) is 3.90. The Balaban J connectivity index is 1.68. The number of aliphatic imine (C=N–C) groups is 1. The highest BCUT2D eigenvalue weighted by Crippen LogP contribution is 2.69. The van der Waals surface area contributed by atoms with Crippen LogP contribution in [-0.4, -0.2) is 44.9 Å². The Morgan fingerprint density at radius 3 is 2.78 bits per heavy atom. The van der Waals surface area contributed by atoms with Gasteiger partial charge in [-0.1, -0.05) is 6.07 Å². The summed E-state index contributed by atoms with van der Waals surface area (Å²) in [6, 6.07) is 3.52. The molecule has 5 nitrogen and oxygen atoms in total. The summed E-state index contributed by atoms with van der Waals surface area (Å²) in [7, 11) is 0. The van der Waals surface area contributed by atoms with Crippen LogP contribution in [0.5, 0.6) is 11.5 Å². The Labute approximate surface area is 134 Å². The third-order valence-corrected chi connectivity index (χ3v) is 6.20. The summed E-state index contributed by atoms with van der Waals surface area (Å²) in [6.07, 6.45) is 3.78. The van der Waals surface area contributed by atoms with E-state index in [1.165, 1.54) is 0 Å². The van der Waals surface area contributed by atoms with Crippen molar-refractivity contribution in [3.8, 4) is 11.5 Å². The van der Waals surface area contributed by atoms with Crippen molar-refractivity contribution in [1.29, 1.82) is 0 Å². The average molecular weight is 315 g/mol. The molecule has 0 aromatic heterocycles. The lowest BCUT2D eigenvalue weighted by Gasteiger charge is -2.27. The molecule has 0 bridgehead atoms. The third kappa shape index (κ3) is 1.48. The maximum atomic E-state index is 11.3. The predicted molar refractivity (Wildman–Crippen MR) is 84.2 cm³/mol. The number of phenols is 1. The van der Waals surface area contributed by atoms with Crippen molar-refractivity contribution in [1.82, 2.24) is 0 Å². The van der Waals surface area contributed by atoms with E-state index in [1.54, 1.807) is 6.07 Å². The van der Waals surface area contributed by atoms with Crippen LogP contribution < -0.4 is 4.74 Å². The fraction of sp³-hybridized carbons (Fsp3) is 0.611. The molecule has 4 aliphatic rings. The Morgan fingerprint density at radius 2 is 2.04 bits per heavy atom. The summed E-state index contributed by atoms with van der Waals surface area (Å²) in [5, 5.41) is 31.6. The molecule has 0 saturated heterocycles. The number of nitrogens with zero attached hydrogens (tertiary/aromatic N) is 1. The number of aliphatic hydroxyl groups is 2. The Kier molecular flexibility index (Phi) is 2.34. The smallest absolute Gasteiger partial charge is 0.166 e. The minimum Gasteiger partial charge on any atom is -0.504 e. The van der Waals surface area contributed by atoms with Gasteiger partial charge < -0.3 is 20.1 Å². The number of hydrogen-bond donors (Lipinski definition) is 3. The van der Waals surface area contributed by atoms with Gasteiger partial charge in [-0.25, -0.2) is 0 Å². The SMILES string of the molecule is Cc1ccc(O)c2c1[C@]13C(=NCC4(O)CC4)C1(O)CCC[C@@H]3O2. The first kappa shape index (κ1) is 13.8. The second-order valence-corrected chi connectivity index (χ2v) is 7.66. The standard InChI is InChI=1S/C18H21NO4/c1-10-4-5-11(20)14-13(10)18-12(23-14)3-2-6-17(18,22)15(18)19-9-16(21)7-8-16/h4-5,12,20-22H,2-3,6-9H2,1H3/t12-,17?,18+/m0/s1. The molecule has 1 unspecified atom stereocenters. The molecule has 3 N–H and O–H groups in total. The molecule has 0 radical (unpaired) electrons. The summed E-state index contributed by atoms with van der Waals surface area (Å²) in [5.74, 6) is 0.634. The average Bonchev–Trinajstić information content (AvgIpc) is 3.31. The Hall–Kier alpha value is -1.59. The van der Waals surface area contributed by atoms with Crippen LogP contribution >= 0.6 is 0 Å². The summed E-state index contributed by atoms with van der Waals surface area (Å²) < 4.78 is 6.06. The normalized spacial score (nSPS) is 40.1. The van der Waals surface area contributed by atoms with Gasteiger partial charge in [0.25, 0.3) is 0 Å². The molecule has 1 spiro atoms. The molecule has 1 aliphatic heterocycles. The molecular weight excluding hydrogens is 294 g/mol. The third-order valence-electron chi connectivity index (χ3n) is 6.20. The lowest BCUT2D eigenvalue weighted by molar-refractivity contribution is 0.0448. The highest BCUT2D eigenvalue weighted by atomic mass is 16.5. The first-order valence-electron chi connectivity index (χ1n) is 8.42. The highest BCUT2D eigenvalue weighted by molar-refractivity contribution is 6.22. The van der Waals surface area contributed by atoms with E-state index in [0.29, 0.717) is 18.7 Å². The van der Waals surface area contributed by atoms with Crippen LogP contribution in [0.15, 0.2) is 17.1 Å². The van der Waals surface area contributed by atoms with Crippen LogP contribution in [-0.2, 0) is 5.41 Å². The lowest BCUT2D eigenvalue weighted by Crippen LogP contribution is -2.38. The quantitative estimate of drug-likeness (QED) is 0.774. The molecule has 3 atom stereocenters. The van der Waals surface area contributed by atoms with Gasteiger partial charge in [0.15, 0.2) is 11.5 Å². The molecular formula is C18H21NO4. The van der Waals surface area contributed by atoms with Crippen molar-refractivity contribution in [3.05, 3.63) is 23.3 Å². The van der Waals surface area contributed by atoms with Gasteiger partial charge in [0.1, 0.15) is 17.1 Å². The molecule has 122 valence electrons. The Morgan fingerprint density at radius 1 is 1.26 bits per heavy atom. The van der Waals surface area contributed by atoms with Gasteiger partial charge in [0.2, 0.25) is 0 Å². The second-order valence-electron chi connectivity index (χ2n) is 7.66. The van der Waals surface area contributed by atoms with Gasteiger partial charge >= 0.3 is 0 Å². The number of rotatable bonds is 2. The maximum Gasteiger partial charge on any atom is 0.166 e. The maximum absolute atomic E-state index is 11.3. The van der Waals surface area contributed by atoms with Crippen LogP contribution in [0.3, 0.4) is 0 Å². The van der Waals surface area contributed by atoms with Crippen molar-refractivity contribution in [2.24, 2.45) is 4.99 Å². The molecule has 23 heavy (non-hydrogen) atoms. The summed E-state index contributed by atoms with van der Waals surface area (Å²) in [4.78, 5) is 4.64. The van der Waals surface area contributed by atoms with Crippen molar-refractivity contribution in [2.45, 2.75) is 61.7 Å². The number of ether oxygens (including phenoxy) is 1. The molecule has 1 aromatic rings. The van der Waals surface area contributed by atoms with Crippen molar-refractivity contribution in [2.75, 3.05) is 6.54 Å². The van der Waals surface area contributed by atoms with Crippen molar-refractivity contribution >= 4 is 5.71 Å². The van der Waals surface area contributed by atoms with Gasteiger partial charge in [0.05, 0.1) is 17.9 Å². The number of fused-ring (bicyclic) bond motifs is 1. The number of benzene rings is 1. The number of hydrogen-bond acceptors (Lipinski definition) is 5. The van der Waals surface area contributed by atoms with Crippen LogP contribution in [0.1, 0.15) is 43.2 Å². The van der Waals surface area contributed by atoms with Crippen LogP contribution in [0, 0.1) is 6.92 Å². The topological polar surface area (TPSA) is 82.3 Å². The predicted octanol–water partition coefficient (Wildman–Crippen LogP) is 1.59. The molecule has 5 rings (SSSR count). The molecule has 1 aromatic carbocycles. The number of phenolic OH excluding ortho intramolecular Hbond substituents is 1. The van der Waals surface area contributed by atoms with Crippen LogP contribution in [0.25, 0.3) is 0 Å². The van der Waals surface area contributed by atoms with E-state index >= 15 is 0 Å². The highest BCUT2D eigenvalue weighted by Gasteiger charge is 2.83. The van der Waals surface area contributed by atoms with E-state index < -0.39 is 16.6 Å². The first-order valence-corrected chi connectivity index (χ1v) is 8.42. The van der Waals surface area contributed by atoms with Crippen molar-refractivity contribution < 1.29 is 20.1 Å². The lowest BCUT2D eigenvalue weighted by atomic mass is 9.78. The van der Waals surface area contributed by atoms with Crippen LogP contribution in [0.2, 0.25) is 0 Å². The molecule has 1 heterocycles. The first-order chi connectivity index (χ1) is 10.9. The zero-order valence-electron chi connectivity index (χ0n) is 13.2. The fourth-order valence-corrected chi connectivity index (χ4v) is 4.78. The molecule has 5 heteroatoms. The van der Waals surface area contributed by atoms with E-state index in [9.17, 15) is 15.3 Å². The van der Waals surface area contributed by atoms with E-state index in [0.717, 1.165) is 42.5 Å². The molecule has 3 fully saturated rings. The summed E-state index contributed by atoms with van der Waals surface area (Å²) in [5.41, 5.74) is 0.388. The zero-order valence-corrected chi connectivity index (χ0v) is 13.2. The van der Waals surface area contributed by atoms with E-state index in [4.69, 9.17) is 4.74 Å². The summed E-state index contributed by atoms with van der Waals surface area (Å²) in [6.45, 7) is 2.34. The van der Waals surface area contributed by atoms with E-state index in [-0.39, 0.29) is 11.9 Å². The molecule has 3 saturated carbocycles.